The first-order chi connectivity index (χ1) is 10.4. The molecule has 0 saturated carbocycles. The van der Waals surface area contributed by atoms with Gasteiger partial charge in [0.15, 0.2) is 0 Å². The number of amides is 3. The van der Waals surface area contributed by atoms with Gasteiger partial charge in [0.1, 0.15) is 6.04 Å². The van der Waals surface area contributed by atoms with Crippen LogP contribution in [0.3, 0.4) is 0 Å². The Morgan fingerprint density at radius 2 is 1.64 bits per heavy atom. The highest BCUT2D eigenvalue weighted by Gasteiger charge is 2.22. The molecule has 0 spiro atoms. The van der Waals surface area contributed by atoms with Gasteiger partial charge in [-0.25, -0.2) is 4.79 Å². The second kappa shape index (κ2) is 9.07. The summed E-state index contributed by atoms with van der Waals surface area (Å²) in [5.41, 5.74) is 0.764. The molecule has 0 bridgehead atoms. The molecule has 1 atom stereocenters. The van der Waals surface area contributed by atoms with Crippen LogP contribution >= 0.6 is 0 Å². The van der Waals surface area contributed by atoms with Gasteiger partial charge in [0, 0.05) is 12.6 Å². The maximum atomic E-state index is 12.3. The zero-order chi connectivity index (χ0) is 16.5. The van der Waals surface area contributed by atoms with Crippen LogP contribution in [0.4, 0.5) is 4.79 Å². The van der Waals surface area contributed by atoms with Crippen molar-refractivity contribution in [1.29, 1.82) is 0 Å². The molecule has 0 aliphatic heterocycles. The molecular formula is C17H27N3O2. The lowest BCUT2D eigenvalue weighted by Gasteiger charge is -2.20. The Bertz CT molecular complexity index is 472. The fourth-order valence-corrected chi connectivity index (χ4v) is 1.97. The van der Waals surface area contributed by atoms with Crippen molar-refractivity contribution in [2.45, 2.75) is 46.2 Å². The Balaban J connectivity index is 2.70. The van der Waals surface area contributed by atoms with Crippen LogP contribution in [0.1, 0.15) is 45.7 Å². The molecule has 22 heavy (non-hydrogen) atoms. The summed E-state index contributed by atoms with van der Waals surface area (Å²) in [5, 5.41) is 8.38. The Morgan fingerprint density at radius 1 is 1.00 bits per heavy atom. The molecule has 0 aliphatic carbocycles. The van der Waals surface area contributed by atoms with Gasteiger partial charge in [-0.15, -0.1) is 0 Å². The molecule has 1 rings (SSSR count). The van der Waals surface area contributed by atoms with Gasteiger partial charge in [0.2, 0.25) is 5.91 Å². The first kappa shape index (κ1) is 18.0. The van der Waals surface area contributed by atoms with Crippen LogP contribution in [0.15, 0.2) is 30.3 Å². The molecule has 5 nitrogen and oxygen atoms in total. The van der Waals surface area contributed by atoms with E-state index in [4.69, 9.17) is 0 Å². The van der Waals surface area contributed by atoms with E-state index in [0.29, 0.717) is 12.5 Å². The largest absolute Gasteiger partial charge is 0.352 e. The highest BCUT2D eigenvalue weighted by Crippen LogP contribution is 2.13. The van der Waals surface area contributed by atoms with E-state index >= 15 is 0 Å². The minimum absolute atomic E-state index is 0.0181. The summed E-state index contributed by atoms with van der Waals surface area (Å²) in [6.45, 7) is 8.58. The Kier molecular flexibility index (Phi) is 7.43. The third-order valence-electron chi connectivity index (χ3n) is 3.11. The maximum absolute atomic E-state index is 12.3. The first-order valence-electron chi connectivity index (χ1n) is 7.79. The minimum Gasteiger partial charge on any atom is -0.352 e. The second-order valence-electron chi connectivity index (χ2n) is 6.09. The van der Waals surface area contributed by atoms with E-state index in [1.54, 1.807) is 0 Å². The fourth-order valence-electron chi connectivity index (χ4n) is 1.97. The summed E-state index contributed by atoms with van der Waals surface area (Å²) >= 11 is 0. The zero-order valence-corrected chi connectivity index (χ0v) is 13.8. The van der Waals surface area contributed by atoms with Crippen LogP contribution in [0.25, 0.3) is 0 Å². The van der Waals surface area contributed by atoms with Crippen molar-refractivity contribution in [2.75, 3.05) is 6.54 Å². The van der Waals surface area contributed by atoms with Gasteiger partial charge in [-0.3, -0.25) is 4.79 Å². The van der Waals surface area contributed by atoms with Gasteiger partial charge in [0.05, 0.1) is 0 Å². The van der Waals surface area contributed by atoms with Crippen molar-refractivity contribution in [1.82, 2.24) is 16.0 Å². The van der Waals surface area contributed by atoms with Crippen LogP contribution in [0.5, 0.6) is 0 Å². The van der Waals surface area contributed by atoms with Crippen molar-refractivity contribution >= 4 is 11.9 Å². The number of urea groups is 1. The second-order valence-corrected chi connectivity index (χ2v) is 6.09. The summed E-state index contributed by atoms with van der Waals surface area (Å²) in [7, 11) is 0. The van der Waals surface area contributed by atoms with Gasteiger partial charge in [0.25, 0.3) is 0 Å². The molecule has 3 N–H and O–H groups in total. The van der Waals surface area contributed by atoms with E-state index in [9.17, 15) is 9.59 Å². The molecular weight excluding hydrogens is 278 g/mol. The Hall–Kier alpha value is -2.04. The number of hydrogen-bond acceptors (Lipinski definition) is 2. The van der Waals surface area contributed by atoms with Crippen molar-refractivity contribution in [3.8, 4) is 0 Å². The van der Waals surface area contributed by atoms with E-state index in [2.05, 4.69) is 29.8 Å². The van der Waals surface area contributed by atoms with Crippen molar-refractivity contribution < 1.29 is 9.59 Å². The number of nitrogens with one attached hydrogen (secondary N) is 3. The molecule has 0 saturated heterocycles. The maximum Gasteiger partial charge on any atom is 0.315 e. The minimum atomic E-state index is -0.692. The Labute approximate surface area is 132 Å². The third kappa shape index (κ3) is 6.61. The monoisotopic (exact) mass is 305 g/mol. The highest BCUT2D eigenvalue weighted by molar-refractivity contribution is 5.88. The van der Waals surface area contributed by atoms with E-state index in [1.165, 1.54) is 0 Å². The first-order valence-corrected chi connectivity index (χ1v) is 7.79. The topological polar surface area (TPSA) is 70.2 Å². The van der Waals surface area contributed by atoms with Crippen molar-refractivity contribution in [3.63, 3.8) is 0 Å². The molecule has 0 radical (unpaired) electrons. The fraction of sp³-hybridized carbons (Fsp3) is 0.529. The lowest BCUT2D eigenvalue weighted by molar-refractivity contribution is -0.123. The van der Waals surface area contributed by atoms with Gasteiger partial charge in [-0.05, 0) is 31.7 Å². The van der Waals surface area contributed by atoms with Crippen LogP contribution in [0, 0.1) is 5.92 Å². The molecule has 0 aliphatic rings. The predicted molar refractivity (Wildman–Crippen MR) is 88.5 cm³/mol. The smallest absolute Gasteiger partial charge is 0.315 e. The Morgan fingerprint density at radius 3 is 2.18 bits per heavy atom. The predicted octanol–water partition coefficient (Wildman–Crippen LogP) is 2.60. The summed E-state index contributed by atoms with van der Waals surface area (Å²) < 4.78 is 0. The number of hydrogen-bond donors (Lipinski definition) is 3. The van der Waals surface area contributed by atoms with Crippen LogP contribution in [-0.2, 0) is 4.79 Å². The number of carbonyl (C=O) groups is 2. The standard InChI is InChI=1S/C17H27N3O2/c1-12(2)10-11-18-17(22)20-15(16(21)19-13(3)4)14-8-6-5-7-9-14/h5-9,12-13,15H,10-11H2,1-4H3,(H,19,21)(H2,18,20,22)/t15-/m0/s1. The van der Waals surface area contributed by atoms with E-state index in [1.807, 2.05) is 44.2 Å². The van der Waals surface area contributed by atoms with Gasteiger partial charge >= 0.3 is 6.03 Å². The number of benzene rings is 1. The van der Waals surface area contributed by atoms with E-state index in [0.717, 1.165) is 12.0 Å². The molecule has 3 amide bonds. The molecule has 122 valence electrons. The zero-order valence-electron chi connectivity index (χ0n) is 13.8. The number of rotatable bonds is 7. The van der Waals surface area contributed by atoms with Gasteiger partial charge in [-0.2, -0.15) is 0 Å². The van der Waals surface area contributed by atoms with Gasteiger partial charge < -0.3 is 16.0 Å². The lowest BCUT2D eigenvalue weighted by atomic mass is 10.1. The molecule has 1 aromatic rings. The van der Waals surface area contributed by atoms with Crippen molar-refractivity contribution in [2.24, 2.45) is 5.92 Å². The normalized spacial score (nSPS) is 12.1. The van der Waals surface area contributed by atoms with Crippen LogP contribution in [-0.4, -0.2) is 24.5 Å². The molecule has 5 heteroatoms. The highest BCUT2D eigenvalue weighted by atomic mass is 16.2. The van der Waals surface area contributed by atoms with Crippen molar-refractivity contribution in [3.05, 3.63) is 35.9 Å². The molecule has 0 fully saturated rings. The molecule has 1 aromatic carbocycles. The van der Waals surface area contributed by atoms with E-state index < -0.39 is 6.04 Å². The average molecular weight is 305 g/mol. The summed E-state index contributed by atoms with van der Waals surface area (Å²) in [6, 6.07) is 8.24. The van der Waals surface area contributed by atoms with Crippen LogP contribution in [0.2, 0.25) is 0 Å². The summed E-state index contributed by atoms with van der Waals surface area (Å²) in [4.78, 5) is 24.3. The SMILES string of the molecule is CC(C)CCNC(=O)N[C@H](C(=O)NC(C)C)c1ccccc1. The summed E-state index contributed by atoms with van der Waals surface area (Å²) in [5.74, 6) is 0.315. The number of carbonyl (C=O) groups excluding carboxylic acids is 2. The molecule has 0 aromatic heterocycles. The quantitative estimate of drug-likeness (QED) is 0.724. The van der Waals surface area contributed by atoms with Crippen LogP contribution < -0.4 is 16.0 Å². The van der Waals surface area contributed by atoms with Gasteiger partial charge in [-0.1, -0.05) is 44.2 Å². The molecule has 0 heterocycles. The lowest BCUT2D eigenvalue weighted by Crippen LogP contribution is -2.46. The molecule has 0 unspecified atom stereocenters. The average Bonchev–Trinajstić information content (AvgIpc) is 2.44. The summed E-state index contributed by atoms with van der Waals surface area (Å²) in [6.07, 6.45) is 0.904. The van der Waals surface area contributed by atoms with E-state index in [-0.39, 0.29) is 18.0 Å². The third-order valence-corrected chi connectivity index (χ3v) is 3.11.